The Labute approximate surface area is 176 Å². The second kappa shape index (κ2) is 9.26. The Morgan fingerprint density at radius 2 is 1.64 bits per heavy atom. The molecule has 0 aromatic heterocycles. The van der Waals surface area contributed by atoms with Gasteiger partial charge in [0.2, 0.25) is 0 Å². The summed E-state index contributed by atoms with van der Waals surface area (Å²) in [6, 6.07) is 10.9. The SMILES string of the molecule is COc1cc(Cl)c(CNC(=S)NC(=O)c2ccc(C(C)(C)C)cc2)cc1OC. The number of benzene rings is 2. The van der Waals surface area contributed by atoms with Gasteiger partial charge in [0.25, 0.3) is 5.91 Å². The van der Waals surface area contributed by atoms with Gasteiger partial charge < -0.3 is 14.8 Å². The predicted octanol–water partition coefficient (Wildman–Crippen LogP) is 4.46. The summed E-state index contributed by atoms with van der Waals surface area (Å²) in [5.41, 5.74) is 2.50. The number of amides is 1. The normalized spacial score (nSPS) is 10.9. The summed E-state index contributed by atoms with van der Waals surface area (Å²) in [5.74, 6) is 0.847. The van der Waals surface area contributed by atoms with Crippen molar-refractivity contribution in [2.45, 2.75) is 32.7 Å². The van der Waals surface area contributed by atoms with E-state index in [4.69, 9.17) is 33.3 Å². The third-order valence-electron chi connectivity index (χ3n) is 4.23. The quantitative estimate of drug-likeness (QED) is 0.699. The van der Waals surface area contributed by atoms with Gasteiger partial charge in [-0.05, 0) is 47.0 Å². The van der Waals surface area contributed by atoms with E-state index < -0.39 is 0 Å². The number of thiocarbonyl (C=S) groups is 1. The van der Waals surface area contributed by atoms with Gasteiger partial charge in [0.1, 0.15) is 0 Å². The molecule has 5 nitrogen and oxygen atoms in total. The van der Waals surface area contributed by atoms with Crippen molar-refractivity contribution in [1.82, 2.24) is 10.6 Å². The van der Waals surface area contributed by atoms with Gasteiger partial charge in [-0.2, -0.15) is 0 Å². The van der Waals surface area contributed by atoms with Crippen molar-refractivity contribution in [3.05, 3.63) is 58.1 Å². The molecule has 0 atom stereocenters. The van der Waals surface area contributed by atoms with Gasteiger partial charge in [-0.25, -0.2) is 0 Å². The standard InChI is InChI=1S/C21H25ClN2O3S/c1-21(2,3)15-8-6-13(7-9-15)19(25)24-20(28)23-12-14-10-17(26-4)18(27-5)11-16(14)22/h6-11H,12H2,1-5H3,(H2,23,24,25,28). The summed E-state index contributed by atoms with van der Waals surface area (Å²) >= 11 is 11.5. The fraction of sp³-hybridized carbons (Fsp3) is 0.333. The molecule has 0 saturated heterocycles. The zero-order chi connectivity index (χ0) is 20.9. The van der Waals surface area contributed by atoms with E-state index >= 15 is 0 Å². The molecule has 28 heavy (non-hydrogen) atoms. The first-order valence-corrected chi connectivity index (χ1v) is 9.54. The van der Waals surface area contributed by atoms with Crippen molar-refractivity contribution in [3.63, 3.8) is 0 Å². The lowest BCUT2D eigenvalue weighted by atomic mass is 9.87. The molecule has 2 N–H and O–H groups in total. The molecule has 1 amide bonds. The number of nitrogens with one attached hydrogen (secondary N) is 2. The average molecular weight is 421 g/mol. The minimum atomic E-state index is -0.267. The molecule has 150 valence electrons. The number of hydrogen-bond donors (Lipinski definition) is 2. The third-order valence-corrected chi connectivity index (χ3v) is 4.83. The Bertz CT molecular complexity index is 861. The van der Waals surface area contributed by atoms with Crippen LogP contribution in [0.5, 0.6) is 11.5 Å². The first-order chi connectivity index (χ1) is 13.2. The lowest BCUT2D eigenvalue weighted by Gasteiger charge is -2.19. The monoisotopic (exact) mass is 420 g/mol. The lowest BCUT2D eigenvalue weighted by Crippen LogP contribution is -2.38. The molecule has 0 aliphatic heterocycles. The molecule has 0 fully saturated rings. The summed E-state index contributed by atoms with van der Waals surface area (Å²) in [6.07, 6.45) is 0. The maximum absolute atomic E-state index is 12.4. The molecule has 2 aromatic rings. The lowest BCUT2D eigenvalue weighted by molar-refractivity contribution is 0.0976. The zero-order valence-corrected chi connectivity index (χ0v) is 18.3. The number of halogens is 1. The minimum Gasteiger partial charge on any atom is -0.493 e. The summed E-state index contributed by atoms with van der Waals surface area (Å²) in [6.45, 7) is 6.71. The van der Waals surface area contributed by atoms with Gasteiger partial charge >= 0.3 is 0 Å². The summed E-state index contributed by atoms with van der Waals surface area (Å²) in [5, 5.41) is 6.39. The molecule has 2 rings (SSSR count). The molecular weight excluding hydrogens is 396 g/mol. The number of ether oxygens (including phenoxy) is 2. The average Bonchev–Trinajstić information content (AvgIpc) is 2.66. The third kappa shape index (κ3) is 5.59. The van der Waals surface area contributed by atoms with Crippen molar-refractivity contribution in [2.24, 2.45) is 0 Å². The Morgan fingerprint density at radius 3 is 2.18 bits per heavy atom. The molecule has 0 bridgehead atoms. The van der Waals surface area contributed by atoms with Crippen molar-refractivity contribution in [2.75, 3.05) is 14.2 Å². The molecule has 0 spiro atoms. The highest BCUT2D eigenvalue weighted by Gasteiger charge is 2.15. The van der Waals surface area contributed by atoms with Crippen LogP contribution in [0.1, 0.15) is 42.3 Å². The maximum atomic E-state index is 12.4. The van der Waals surface area contributed by atoms with Crippen LogP contribution in [0.4, 0.5) is 0 Å². The minimum absolute atomic E-state index is 0.0323. The largest absolute Gasteiger partial charge is 0.493 e. The number of carbonyl (C=O) groups excluding carboxylic acids is 1. The van der Waals surface area contributed by atoms with Gasteiger partial charge in [-0.3, -0.25) is 10.1 Å². The van der Waals surface area contributed by atoms with Crippen LogP contribution in [-0.4, -0.2) is 25.2 Å². The predicted molar refractivity (Wildman–Crippen MR) is 117 cm³/mol. The Kier molecular flexibility index (Phi) is 7.27. The van der Waals surface area contributed by atoms with Gasteiger partial charge in [-0.1, -0.05) is 44.5 Å². The second-order valence-corrected chi connectivity index (χ2v) is 8.08. The van der Waals surface area contributed by atoms with E-state index in [0.29, 0.717) is 28.6 Å². The Morgan fingerprint density at radius 1 is 1.07 bits per heavy atom. The molecule has 0 aliphatic carbocycles. The highest BCUT2D eigenvalue weighted by Crippen LogP contribution is 2.33. The number of carbonyl (C=O) groups is 1. The Hall–Kier alpha value is -2.31. The van der Waals surface area contributed by atoms with Crippen LogP contribution in [0.15, 0.2) is 36.4 Å². The molecule has 0 saturated carbocycles. The van der Waals surface area contributed by atoms with Crippen molar-refractivity contribution < 1.29 is 14.3 Å². The Balaban J connectivity index is 1.98. The van der Waals surface area contributed by atoms with Gasteiger partial charge in [-0.15, -0.1) is 0 Å². The van der Waals surface area contributed by atoms with E-state index in [0.717, 1.165) is 11.1 Å². The highest BCUT2D eigenvalue weighted by atomic mass is 35.5. The van der Waals surface area contributed by atoms with Crippen LogP contribution in [0.3, 0.4) is 0 Å². The highest BCUT2D eigenvalue weighted by molar-refractivity contribution is 7.80. The van der Waals surface area contributed by atoms with E-state index in [1.54, 1.807) is 38.5 Å². The van der Waals surface area contributed by atoms with E-state index in [1.807, 2.05) is 12.1 Å². The number of methoxy groups -OCH3 is 2. The maximum Gasteiger partial charge on any atom is 0.257 e. The molecule has 2 aromatic carbocycles. The molecule has 0 unspecified atom stereocenters. The molecule has 7 heteroatoms. The number of hydrogen-bond acceptors (Lipinski definition) is 4. The molecule has 0 heterocycles. The molecule has 0 radical (unpaired) electrons. The van der Waals surface area contributed by atoms with Crippen molar-refractivity contribution >= 4 is 34.8 Å². The van der Waals surface area contributed by atoms with E-state index in [9.17, 15) is 4.79 Å². The van der Waals surface area contributed by atoms with Crippen LogP contribution >= 0.6 is 23.8 Å². The molecule has 0 aliphatic rings. The van der Waals surface area contributed by atoms with Gasteiger partial charge in [0, 0.05) is 23.2 Å². The van der Waals surface area contributed by atoms with Crippen LogP contribution in [-0.2, 0) is 12.0 Å². The van der Waals surface area contributed by atoms with Crippen molar-refractivity contribution in [3.8, 4) is 11.5 Å². The van der Waals surface area contributed by atoms with E-state index in [1.165, 1.54) is 0 Å². The van der Waals surface area contributed by atoms with Crippen LogP contribution < -0.4 is 20.1 Å². The summed E-state index contributed by atoms with van der Waals surface area (Å²) < 4.78 is 10.5. The van der Waals surface area contributed by atoms with Crippen LogP contribution in [0.25, 0.3) is 0 Å². The fourth-order valence-electron chi connectivity index (χ4n) is 2.55. The van der Waals surface area contributed by atoms with Crippen LogP contribution in [0, 0.1) is 0 Å². The van der Waals surface area contributed by atoms with Crippen molar-refractivity contribution in [1.29, 1.82) is 0 Å². The topological polar surface area (TPSA) is 59.6 Å². The second-order valence-electron chi connectivity index (χ2n) is 7.26. The van der Waals surface area contributed by atoms with E-state index in [-0.39, 0.29) is 16.4 Å². The smallest absolute Gasteiger partial charge is 0.257 e. The molecular formula is C21H25ClN2O3S. The number of rotatable bonds is 5. The first-order valence-electron chi connectivity index (χ1n) is 8.76. The first kappa shape index (κ1) is 22.0. The summed E-state index contributed by atoms with van der Waals surface area (Å²) in [4.78, 5) is 12.4. The van der Waals surface area contributed by atoms with Gasteiger partial charge in [0.05, 0.1) is 14.2 Å². The summed E-state index contributed by atoms with van der Waals surface area (Å²) in [7, 11) is 3.10. The zero-order valence-electron chi connectivity index (χ0n) is 16.7. The fourth-order valence-corrected chi connectivity index (χ4v) is 2.93. The van der Waals surface area contributed by atoms with Gasteiger partial charge in [0.15, 0.2) is 16.6 Å². The van der Waals surface area contributed by atoms with E-state index in [2.05, 4.69) is 31.4 Å². The van der Waals surface area contributed by atoms with Crippen LogP contribution in [0.2, 0.25) is 5.02 Å².